The van der Waals surface area contributed by atoms with Gasteiger partial charge in [0.2, 0.25) is 5.91 Å². The first kappa shape index (κ1) is 10.4. The average molecular weight is 242 g/mol. The lowest BCUT2D eigenvalue weighted by atomic mass is 10.2. The van der Waals surface area contributed by atoms with Crippen LogP contribution in [0, 0.1) is 0 Å². The molecule has 1 amide bonds. The molecule has 0 bridgehead atoms. The predicted molar refractivity (Wildman–Crippen MR) is 60.7 cm³/mol. The summed E-state index contributed by atoms with van der Waals surface area (Å²) in [5.74, 6) is 4.75. The quantitative estimate of drug-likeness (QED) is 0.476. The van der Waals surface area contributed by atoms with E-state index in [0.29, 0.717) is 10.7 Å². The van der Waals surface area contributed by atoms with Gasteiger partial charge < -0.3 is 0 Å². The van der Waals surface area contributed by atoms with Gasteiger partial charge in [-0.1, -0.05) is 11.6 Å². The maximum atomic E-state index is 11.1. The Kier molecular flexibility index (Phi) is 2.86. The van der Waals surface area contributed by atoms with Gasteiger partial charge in [-0.05, 0) is 29.7 Å². The van der Waals surface area contributed by atoms with E-state index in [0.717, 1.165) is 10.1 Å². The molecule has 6 heteroatoms. The lowest BCUT2D eigenvalue weighted by Gasteiger charge is -1.97. The molecule has 2 aromatic rings. The van der Waals surface area contributed by atoms with Crippen LogP contribution in [-0.4, -0.2) is 10.3 Å². The number of nitrogens with zero attached hydrogens (tertiary/aromatic N) is 1. The van der Waals surface area contributed by atoms with Crippen molar-refractivity contribution in [1.29, 1.82) is 0 Å². The largest absolute Gasteiger partial charge is 0.294 e. The number of carbonyl (C=O) groups excluding carboxylic acids is 1. The third-order valence-corrected chi connectivity index (χ3v) is 3.10. The van der Waals surface area contributed by atoms with E-state index in [9.17, 15) is 4.79 Å². The van der Waals surface area contributed by atoms with Gasteiger partial charge in [0.05, 0.1) is 16.8 Å². The number of hydrogen-bond acceptors (Lipinski definition) is 4. The Hall–Kier alpha value is -1.17. The number of hydrogen-bond donors (Lipinski definition) is 2. The highest BCUT2D eigenvalue weighted by molar-refractivity contribution is 7.13. The third kappa shape index (κ3) is 2.09. The van der Waals surface area contributed by atoms with Gasteiger partial charge in [-0.2, -0.15) is 4.37 Å². The molecule has 0 spiro atoms. The molecule has 3 N–H and O–H groups in total. The second-order valence-electron chi connectivity index (χ2n) is 3.01. The van der Waals surface area contributed by atoms with Crippen LogP contribution in [0.2, 0.25) is 5.02 Å². The van der Waals surface area contributed by atoms with Crippen molar-refractivity contribution in [1.82, 2.24) is 9.80 Å². The molecule has 0 saturated heterocycles. The van der Waals surface area contributed by atoms with Gasteiger partial charge in [0, 0.05) is 10.4 Å². The number of carbonyl (C=O) groups is 1. The summed E-state index contributed by atoms with van der Waals surface area (Å²) in [6, 6.07) is 5.49. The predicted octanol–water partition coefficient (Wildman–Crippen LogP) is 1.48. The number of halogens is 1. The van der Waals surface area contributed by atoms with Gasteiger partial charge in [-0.3, -0.25) is 10.2 Å². The summed E-state index contributed by atoms with van der Waals surface area (Å²) in [4.78, 5) is 11.1. The van der Waals surface area contributed by atoms with Crippen molar-refractivity contribution in [3.05, 3.63) is 28.9 Å². The van der Waals surface area contributed by atoms with Crippen LogP contribution in [0.4, 0.5) is 0 Å². The Bertz CT molecular complexity index is 511. The first-order chi connectivity index (χ1) is 7.20. The van der Waals surface area contributed by atoms with Gasteiger partial charge in [0.25, 0.3) is 0 Å². The molecule has 0 aliphatic carbocycles. The molecular formula is C9H8ClN3OS. The van der Waals surface area contributed by atoms with Crippen molar-refractivity contribution < 1.29 is 4.79 Å². The number of rotatable bonds is 2. The van der Waals surface area contributed by atoms with E-state index >= 15 is 0 Å². The van der Waals surface area contributed by atoms with Crippen molar-refractivity contribution in [3.63, 3.8) is 0 Å². The molecule has 0 aliphatic rings. The first-order valence-corrected chi connectivity index (χ1v) is 5.39. The van der Waals surface area contributed by atoms with Crippen LogP contribution < -0.4 is 11.3 Å². The van der Waals surface area contributed by atoms with Crippen LogP contribution in [-0.2, 0) is 11.2 Å². The third-order valence-electron chi connectivity index (χ3n) is 2.00. The summed E-state index contributed by atoms with van der Waals surface area (Å²) < 4.78 is 5.20. The van der Waals surface area contributed by atoms with Crippen LogP contribution in [0.25, 0.3) is 10.1 Å². The number of aromatic nitrogens is 1. The summed E-state index contributed by atoms with van der Waals surface area (Å²) >= 11 is 7.22. The maximum absolute atomic E-state index is 11.1. The molecule has 15 heavy (non-hydrogen) atoms. The normalized spacial score (nSPS) is 10.5. The van der Waals surface area contributed by atoms with Gasteiger partial charge in [-0.15, -0.1) is 0 Å². The summed E-state index contributed by atoms with van der Waals surface area (Å²) in [5, 5.41) is 1.55. The zero-order chi connectivity index (χ0) is 10.8. The molecule has 0 atom stereocenters. The second kappa shape index (κ2) is 4.14. The minimum Gasteiger partial charge on any atom is -0.294 e. The van der Waals surface area contributed by atoms with E-state index in [4.69, 9.17) is 17.4 Å². The Balaban J connectivity index is 2.43. The van der Waals surface area contributed by atoms with Crippen molar-refractivity contribution >= 4 is 39.1 Å². The molecule has 4 nitrogen and oxygen atoms in total. The minimum absolute atomic E-state index is 0.177. The Labute approximate surface area is 95.2 Å². The fourth-order valence-corrected chi connectivity index (χ4v) is 2.24. The second-order valence-corrected chi connectivity index (χ2v) is 4.26. The molecule has 0 aliphatic heterocycles. The zero-order valence-electron chi connectivity index (χ0n) is 7.66. The number of benzene rings is 1. The smallest absolute Gasteiger partial charge is 0.239 e. The highest BCUT2D eigenvalue weighted by Crippen LogP contribution is 2.26. The van der Waals surface area contributed by atoms with E-state index in [1.54, 1.807) is 12.1 Å². The molecule has 2 rings (SSSR count). The van der Waals surface area contributed by atoms with Crippen LogP contribution in [0.5, 0.6) is 0 Å². The average Bonchev–Trinajstić information content (AvgIpc) is 2.61. The van der Waals surface area contributed by atoms with Gasteiger partial charge in [0.15, 0.2) is 0 Å². The van der Waals surface area contributed by atoms with Crippen LogP contribution in [0.3, 0.4) is 0 Å². The monoisotopic (exact) mass is 241 g/mol. The minimum atomic E-state index is -0.262. The fourth-order valence-electron chi connectivity index (χ4n) is 1.29. The fraction of sp³-hybridized carbons (Fsp3) is 0.111. The highest BCUT2D eigenvalue weighted by atomic mass is 35.5. The van der Waals surface area contributed by atoms with Crippen molar-refractivity contribution in [2.24, 2.45) is 5.84 Å². The van der Waals surface area contributed by atoms with Crippen LogP contribution in [0.15, 0.2) is 18.2 Å². The summed E-state index contributed by atoms with van der Waals surface area (Å²) in [6.07, 6.45) is 0.177. The van der Waals surface area contributed by atoms with Crippen molar-refractivity contribution in [2.75, 3.05) is 0 Å². The van der Waals surface area contributed by atoms with E-state index < -0.39 is 0 Å². The van der Waals surface area contributed by atoms with E-state index in [1.165, 1.54) is 11.5 Å². The molecule has 78 valence electrons. The van der Waals surface area contributed by atoms with Gasteiger partial charge in [-0.25, -0.2) is 5.84 Å². The number of hydrazine groups is 1. The Morgan fingerprint density at radius 2 is 2.40 bits per heavy atom. The molecule has 0 unspecified atom stereocenters. The molecule has 0 fully saturated rings. The standard InChI is InChI=1S/C9H8ClN3OS/c10-5-1-2-8-6(3-5)7(13-15-8)4-9(14)12-11/h1-3H,4,11H2,(H,12,14). The summed E-state index contributed by atoms with van der Waals surface area (Å²) in [7, 11) is 0. The molecule has 1 heterocycles. The van der Waals surface area contributed by atoms with Gasteiger partial charge in [0.1, 0.15) is 0 Å². The summed E-state index contributed by atoms with van der Waals surface area (Å²) in [5.41, 5.74) is 2.78. The Morgan fingerprint density at radius 1 is 1.60 bits per heavy atom. The van der Waals surface area contributed by atoms with Crippen LogP contribution in [0.1, 0.15) is 5.69 Å². The molecular weight excluding hydrogens is 234 g/mol. The van der Waals surface area contributed by atoms with E-state index in [-0.39, 0.29) is 12.3 Å². The maximum Gasteiger partial charge on any atom is 0.239 e. The number of nitrogens with one attached hydrogen (secondary N) is 1. The lowest BCUT2D eigenvalue weighted by molar-refractivity contribution is -0.120. The van der Waals surface area contributed by atoms with Crippen molar-refractivity contribution in [3.8, 4) is 0 Å². The van der Waals surface area contributed by atoms with Crippen LogP contribution >= 0.6 is 23.1 Å². The number of amides is 1. The first-order valence-electron chi connectivity index (χ1n) is 4.24. The molecule has 1 aromatic carbocycles. The SMILES string of the molecule is NNC(=O)Cc1nsc2ccc(Cl)cc12. The lowest BCUT2D eigenvalue weighted by Crippen LogP contribution is -2.31. The zero-order valence-corrected chi connectivity index (χ0v) is 9.23. The van der Waals surface area contributed by atoms with Gasteiger partial charge >= 0.3 is 0 Å². The number of nitrogens with two attached hydrogens (primary N) is 1. The topological polar surface area (TPSA) is 68.0 Å². The molecule has 1 aromatic heterocycles. The van der Waals surface area contributed by atoms with E-state index in [1.807, 2.05) is 6.07 Å². The summed E-state index contributed by atoms with van der Waals surface area (Å²) in [6.45, 7) is 0. The van der Waals surface area contributed by atoms with E-state index in [2.05, 4.69) is 9.80 Å². The van der Waals surface area contributed by atoms with Crippen molar-refractivity contribution in [2.45, 2.75) is 6.42 Å². The number of fused-ring (bicyclic) bond motifs is 1. The molecule has 0 radical (unpaired) electrons. The Morgan fingerprint density at radius 3 is 3.13 bits per heavy atom. The molecule has 0 saturated carbocycles. The highest BCUT2D eigenvalue weighted by Gasteiger charge is 2.10.